The third-order valence-electron chi connectivity index (χ3n) is 5.18. The summed E-state index contributed by atoms with van der Waals surface area (Å²) in [6, 6.07) is 9.47. The summed E-state index contributed by atoms with van der Waals surface area (Å²) in [5.41, 5.74) is 3.16. The van der Waals surface area contributed by atoms with Gasteiger partial charge in [0.1, 0.15) is 5.69 Å². The molecule has 0 spiro atoms. The van der Waals surface area contributed by atoms with Gasteiger partial charge >= 0.3 is 0 Å². The highest BCUT2D eigenvalue weighted by Crippen LogP contribution is 2.42. The smallest absolute Gasteiger partial charge is 0.255 e. The van der Waals surface area contributed by atoms with Crippen LogP contribution in [0.1, 0.15) is 16.8 Å². The van der Waals surface area contributed by atoms with Gasteiger partial charge in [-0.05, 0) is 29.8 Å². The average molecular weight is 392 g/mol. The molecule has 1 N–H and O–H groups in total. The van der Waals surface area contributed by atoms with Gasteiger partial charge in [0.2, 0.25) is 12.5 Å². The minimum Gasteiger partial charge on any atom is -0.493 e. The zero-order chi connectivity index (χ0) is 19.8. The molecular weight excluding hydrogens is 372 g/mol. The molecule has 2 aliphatic heterocycles. The maximum Gasteiger partial charge on any atom is 0.255 e. The van der Waals surface area contributed by atoms with E-state index in [1.165, 1.54) is 0 Å². The number of H-pyrrole nitrogens is 1. The molecule has 4 heterocycles. The summed E-state index contributed by atoms with van der Waals surface area (Å²) in [6.07, 6.45) is 2.40. The lowest BCUT2D eigenvalue weighted by molar-refractivity contribution is 0.171. The van der Waals surface area contributed by atoms with Gasteiger partial charge in [0.25, 0.3) is 5.56 Å². The Bertz CT molecular complexity index is 1110. The van der Waals surface area contributed by atoms with Crippen molar-refractivity contribution < 1.29 is 14.2 Å². The van der Waals surface area contributed by atoms with E-state index in [9.17, 15) is 4.79 Å². The van der Waals surface area contributed by atoms with Gasteiger partial charge in [-0.1, -0.05) is 6.07 Å². The number of rotatable bonds is 4. The highest BCUT2D eigenvalue weighted by molar-refractivity contribution is 5.55. The lowest BCUT2D eigenvalue weighted by Gasteiger charge is -2.27. The van der Waals surface area contributed by atoms with Crippen molar-refractivity contribution in [1.29, 1.82) is 0 Å². The fourth-order valence-corrected chi connectivity index (χ4v) is 3.77. The third-order valence-corrected chi connectivity index (χ3v) is 5.18. The van der Waals surface area contributed by atoms with Crippen molar-refractivity contribution in [2.45, 2.75) is 19.5 Å². The molecule has 0 radical (unpaired) electrons. The van der Waals surface area contributed by atoms with E-state index in [0.717, 1.165) is 17.8 Å². The number of aromatic nitrogens is 3. The van der Waals surface area contributed by atoms with Crippen LogP contribution < -0.4 is 19.8 Å². The second-order valence-corrected chi connectivity index (χ2v) is 7.05. The summed E-state index contributed by atoms with van der Waals surface area (Å²) in [5, 5.41) is 0. The van der Waals surface area contributed by atoms with E-state index in [1.54, 1.807) is 13.3 Å². The normalized spacial score (nSPS) is 15.2. The van der Waals surface area contributed by atoms with E-state index in [0.29, 0.717) is 53.8 Å². The molecule has 2 aliphatic rings. The molecule has 0 saturated carbocycles. The van der Waals surface area contributed by atoms with Crippen LogP contribution >= 0.6 is 0 Å². The van der Waals surface area contributed by atoms with Crippen LogP contribution in [0.5, 0.6) is 17.2 Å². The van der Waals surface area contributed by atoms with Crippen molar-refractivity contribution in [3.63, 3.8) is 0 Å². The Kier molecular flexibility index (Phi) is 4.40. The van der Waals surface area contributed by atoms with Gasteiger partial charge in [0, 0.05) is 32.3 Å². The lowest BCUT2D eigenvalue weighted by Crippen LogP contribution is -2.35. The number of benzene rings is 1. The topological polar surface area (TPSA) is 89.6 Å². The maximum absolute atomic E-state index is 12.7. The first-order chi connectivity index (χ1) is 14.2. The summed E-state index contributed by atoms with van der Waals surface area (Å²) < 4.78 is 16.4. The van der Waals surface area contributed by atoms with Crippen LogP contribution in [-0.2, 0) is 19.5 Å². The number of nitrogens with one attached hydrogen (secondary N) is 1. The van der Waals surface area contributed by atoms with Gasteiger partial charge in [-0.15, -0.1) is 0 Å². The SMILES string of the molecule is COc1cc(CN2CCc3nc(-c4ccccn4)[nH]c(=O)c3C2)cc2c1OCO2. The molecule has 0 fully saturated rings. The van der Waals surface area contributed by atoms with Crippen LogP contribution in [0.2, 0.25) is 0 Å². The van der Waals surface area contributed by atoms with Gasteiger partial charge in [-0.2, -0.15) is 0 Å². The first-order valence-electron chi connectivity index (χ1n) is 9.43. The van der Waals surface area contributed by atoms with Crippen molar-refractivity contribution in [3.8, 4) is 28.8 Å². The molecule has 8 heteroatoms. The number of nitrogens with zero attached hydrogens (tertiary/aromatic N) is 3. The summed E-state index contributed by atoms with van der Waals surface area (Å²) in [7, 11) is 1.61. The second kappa shape index (κ2) is 7.21. The van der Waals surface area contributed by atoms with E-state index in [4.69, 9.17) is 14.2 Å². The van der Waals surface area contributed by atoms with Crippen molar-refractivity contribution in [3.05, 3.63) is 63.7 Å². The van der Waals surface area contributed by atoms with Crippen LogP contribution in [0.15, 0.2) is 41.3 Å². The van der Waals surface area contributed by atoms with Gasteiger partial charge in [0.05, 0.1) is 18.4 Å². The predicted octanol–water partition coefficient (Wildman–Crippen LogP) is 2.13. The third kappa shape index (κ3) is 3.31. The highest BCUT2D eigenvalue weighted by atomic mass is 16.7. The van der Waals surface area contributed by atoms with Crippen LogP contribution in [0, 0.1) is 0 Å². The minimum atomic E-state index is -0.108. The summed E-state index contributed by atoms with van der Waals surface area (Å²) in [5.74, 6) is 2.51. The Morgan fingerprint density at radius 1 is 1.28 bits per heavy atom. The quantitative estimate of drug-likeness (QED) is 0.727. The average Bonchev–Trinajstić information content (AvgIpc) is 3.23. The highest BCUT2D eigenvalue weighted by Gasteiger charge is 2.24. The molecule has 0 bridgehead atoms. The lowest BCUT2D eigenvalue weighted by atomic mass is 10.1. The van der Waals surface area contributed by atoms with Crippen molar-refractivity contribution >= 4 is 0 Å². The summed E-state index contributed by atoms with van der Waals surface area (Å²) in [4.78, 5) is 26.7. The molecule has 2 aromatic heterocycles. The number of hydrogen-bond acceptors (Lipinski definition) is 7. The van der Waals surface area contributed by atoms with Gasteiger partial charge in [-0.25, -0.2) is 4.98 Å². The fraction of sp³-hybridized carbons (Fsp3) is 0.286. The molecule has 0 amide bonds. The summed E-state index contributed by atoms with van der Waals surface area (Å²) in [6.45, 7) is 2.22. The van der Waals surface area contributed by atoms with Crippen LogP contribution in [0.3, 0.4) is 0 Å². The first-order valence-corrected chi connectivity index (χ1v) is 9.43. The molecule has 8 nitrogen and oxygen atoms in total. The van der Waals surface area contributed by atoms with E-state index in [1.807, 2.05) is 30.3 Å². The monoisotopic (exact) mass is 392 g/mol. The van der Waals surface area contributed by atoms with Crippen molar-refractivity contribution in [1.82, 2.24) is 19.9 Å². The largest absolute Gasteiger partial charge is 0.493 e. The molecule has 29 heavy (non-hydrogen) atoms. The maximum atomic E-state index is 12.7. The number of methoxy groups -OCH3 is 1. The number of fused-ring (bicyclic) bond motifs is 2. The van der Waals surface area contributed by atoms with Gasteiger partial charge < -0.3 is 19.2 Å². The number of aromatic amines is 1. The zero-order valence-corrected chi connectivity index (χ0v) is 16.0. The Morgan fingerprint density at radius 2 is 2.21 bits per heavy atom. The number of ether oxygens (including phenoxy) is 3. The minimum absolute atomic E-state index is 0.108. The number of hydrogen-bond donors (Lipinski definition) is 1. The molecule has 5 rings (SSSR count). The second-order valence-electron chi connectivity index (χ2n) is 7.05. The molecule has 0 aliphatic carbocycles. The van der Waals surface area contributed by atoms with Crippen molar-refractivity contribution in [2.75, 3.05) is 20.4 Å². The van der Waals surface area contributed by atoms with E-state index in [2.05, 4.69) is 19.9 Å². The molecule has 148 valence electrons. The predicted molar refractivity (Wildman–Crippen MR) is 105 cm³/mol. The van der Waals surface area contributed by atoms with Crippen LogP contribution in [-0.4, -0.2) is 40.3 Å². The zero-order valence-electron chi connectivity index (χ0n) is 16.0. The van der Waals surface area contributed by atoms with Gasteiger partial charge in [-0.3, -0.25) is 14.7 Å². The van der Waals surface area contributed by atoms with E-state index < -0.39 is 0 Å². The molecule has 3 aromatic rings. The van der Waals surface area contributed by atoms with Gasteiger partial charge in [0.15, 0.2) is 17.3 Å². The Hall–Kier alpha value is -3.39. The fourth-order valence-electron chi connectivity index (χ4n) is 3.77. The molecule has 0 unspecified atom stereocenters. The van der Waals surface area contributed by atoms with E-state index in [-0.39, 0.29) is 12.4 Å². The molecule has 0 saturated heterocycles. The Morgan fingerprint density at radius 3 is 3.03 bits per heavy atom. The Balaban J connectivity index is 1.39. The van der Waals surface area contributed by atoms with E-state index >= 15 is 0 Å². The summed E-state index contributed by atoms with van der Waals surface area (Å²) >= 11 is 0. The molecule has 1 aromatic carbocycles. The van der Waals surface area contributed by atoms with Crippen molar-refractivity contribution in [2.24, 2.45) is 0 Å². The standard InChI is InChI=1S/C21H20N4O4/c1-27-17-8-13(9-18-19(17)29-12-28-18)10-25-7-5-15-14(11-25)21(26)24-20(23-15)16-4-2-3-6-22-16/h2-4,6,8-9H,5,7,10-12H2,1H3,(H,23,24,26). The molecular formula is C21H20N4O4. The number of pyridine rings is 1. The van der Waals surface area contributed by atoms with Crippen LogP contribution in [0.4, 0.5) is 0 Å². The molecule has 0 atom stereocenters. The van der Waals surface area contributed by atoms with Crippen LogP contribution in [0.25, 0.3) is 11.5 Å². The Labute approximate surface area is 167 Å². The first kappa shape index (κ1) is 17.7.